The highest BCUT2D eigenvalue weighted by molar-refractivity contribution is 5.64. The summed E-state index contributed by atoms with van der Waals surface area (Å²) < 4.78 is 13.1. The number of benzene rings is 1. The Balaban J connectivity index is 1.84. The molecular weight excluding hydrogens is 250 g/mol. The molecule has 0 N–H and O–H groups in total. The van der Waals surface area contributed by atoms with E-state index in [4.69, 9.17) is 9.47 Å². The van der Waals surface area contributed by atoms with Crippen LogP contribution in [0.25, 0.3) is 5.52 Å². The van der Waals surface area contributed by atoms with E-state index in [9.17, 15) is 0 Å². The molecule has 1 aromatic carbocycles. The van der Waals surface area contributed by atoms with Gasteiger partial charge in [0, 0.05) is 11.8 Å². The van der Waals surface area contributed by atoms with Crippen molar-refractivity contribution in [2.75, 3.05) is 7.11 Å². The average Bonchev–Trinajstić information content (AvgIpc) is 2.81. The average molecular weight is 266 g/mol. The molecule has 2 aromatic heterocycles. The zero-order chi connectivity index (χ0) is 13.9. The van der Waals surface area contributed by atoms with Crippen LogP contribution in [0.2, 0.25) is 0 Å². The summed E-state index contributed by atoms with van der Waals surface area (Å²) >= 11 is 0. The Morgan fingerprint density at radius 3 is 2.90 bits per heavy atom. The van der Waals surface area contributed by atoms with E-state index in [-0.39, 0.29) is 0 Å². The minimum Gasteiger partial charge on any atom is -0.497 e. The second kappa shape index (κ2) is 5.29. The number of ether oxygens (including phenoxy) is 2. The van der Waals surface area contributed by atoms with Crippen LogP contribution in [0.5, 0.6) is 11.5 Å². The third kappa shape index (κ3) is 2.35. The fourth-order valence-corrected chi connectivity index (χ4v) is 2.25. The van der Waals surface area contributed by atoms with E-state index < -0.39 is 0 Å². The van der Waals surface area contributed by atoms with Crippen LogP contribution in [-0.2, 0) is 6.61 Å². The Morgan fingerprint density at radius 1 is 1.15 bits per heavy atom. The van der Waals surface area contributed by atoms with E-state index in [1.165, 1.54) is 0 Å². The van der Waals surface area contributed by atoms with Crippen molar-refractivity contribution in [2.45, 2.75) is 13.5 Å². The molecule has 2 heterocycles. The number of fused-ring (bicyclic) bond motifs is 1. The van der Waals surface area contributed by atoms with Gasteiger partial charge in [0.1, 0.15) is 18.1 Å². The van der Waals surface area contributed by atoms with Crippen LogP contribution in [0.15, 0.2) is 48.7 Å². The third-order valence-electron chi connectivity index (χ3n) is 3.24. The van der Waals surface area contributed by atoms with Crippen LogP contribution in [-0.4, -0.2) is 11.5 Å². The molecule has 0 saturated heterocycles. The SMILES string of the molecule is COc1cccc(COc2c(C)[c]n3ccccc23)c1. The van der Waals surface area contributed by atoms with Gasteiger partial charge in [-0.05, 0) is 36.8 Å². The fourth-order valence-electron chi connectivity index (χ4n) is 2.25. The zero-order valence-corrected chi connectivity index (χ0v) is 11.6. The van der Waals surface area contributed by atoms with E-state index >= 15 is 0 Å². The van der Waals surface area contributed by atoms with Crippen LogP contribution in [0, 0.1) is 13.1 Å². The Bertz CT molecular complexity index is 731. The van der Waals surface area contributed by atoms with Gasteiger partial charge in [-0.2, -0.15) is 0 Å². The van der Waals surface area contributed by atoms with Gasteiger partial charge in [-0.1, -0.05) is 18.2 Å². The minimum absolute atomic E-state index is 0.514. The van der Waals surface area contributed by atoms with Crippen LogP contribution in [0.4, 0.5) is 0 Å². The molecule has 0 bridgehead atoms. The lowest BCUT2D eigenvalue weighted by atomic mass is 10.2. The second-order valence-electron chi connectivity index (χ2n) is 4.66. The lowest BCUT2D eigenvalue weighted by molar-refractivity contribution is 0.307. The third-order valence-corrected chi connectivity index (χ3v) is 3.24. The van der Waals surface area contributed by atoms with E-state index in [1.54, 1.807) is 7.11 Å². The van der Waals surface area contributed by atoms with Crippen molar-refractivity contribution < 1.29 is 9.47 Å². The van der Waals surface area contributed by atoms with Gasteiger partial charge in [-0.15, -0.1) is 0 Å². The van der Waals surface area contributed by atoms with Gasteiger partial charge in [-0.3, -0.25) is 0 Å². The molecule has 20 heavy (non-hydrogen) atoms. The van der Waals surface area contributed by atoms with Crippen molar-refractivity contribution in [1.29, 1.82) is 0 Å². The van der Waals surface area contributed by atoms with E-state index in [2.05, 4.69) is 6.20 Å². The zero-order valence-electron chi connectivity index (χ0n) is 11.6. The predicted octanol–water partition coefficient (Wildman–Crippen LogP) is 3.64. The molecule has 0 aliphatic rings. The smallest absolute Gasteiger partial charge is 0.148 e. The summed E-state index contributed by atoms with van der Waals surface area (Å²) in [6.45, 7) is 2.52. The summed E-state index contributed by atoms with van der Waals surface area (Å²) in [5, 5.41) is 0. The first-order valence-corrected chi connectivity index (χ1v) is 6.52. The Hall–Kier alpha value is -2.42. The molecule has 3 rings (SSSR count). The van der Waals surface area contributed by atoms with Crippen LogP contribution >= 0.6 is 0 Å². The van der Waals surface area contributed by atoms with Crippen molar-refractivity contribution in [1.82, 2.24) is 4.40 Å². The Morgan fingerprint density at radius 2 is 2.05 bits per heavy atom. The van der Waals surface area contributed by atoms with Gasteiger partial charge >= 0.3 is 0 Å². The topological polar surface area (TPSA) is 22.9 Å². The van der Waals surface area contributed by atoms with Gasteiger partial charge in [0.25, 0.3) is 0 Å². The number of hydrogen-bond donors (Lipinski definition) is 0. The molecule has 101 valence electrons. The van der Waals surface area contributed by atoms with Gasteiger partial charge < -0.3 is 13.9 Å². The Labute approximate surface area is 118 Å². The summed E-state index contributed by atoms with van der Waals surface area (Å²) in [7, 11) is 1.67. The molecular formula is C17H16NO2. The molecule has 0 atom stereocenters. The molecule has 0 aliphatic carbocycles. The molecule has 0 unspecified atom stereocenters. The van der Waals surface area contributed by atoms with Gasteiger partial charge in [-0.25, -0.2) is 0 Å². The standard InChI is InChI=1S/C17H16NO2/c1-13-11-18-9-4-3-8-16(18)17(13)20-12-14-6-5-7-15(10-14)19-2/h3-10H,12H2,1-2H3. The number of aromatic nitrogens is 1. The lowest BCUT2D eigenvalue weighted by Gasteiger charge is -2.08. The maximum Gasteiger partial charge on any atom is 0.148 e. The molecule has 0 aliphatic heterocycles. The van der Waals surface area contributed by atoms with Crippen molar-refractivity contribution in [2.24, 2.45) is 0 Å². The van der Waals surface area contributed by atoms with Gasteiger partial charge in [0.15, 0.2) is 0 Å². The first kappa shape index (κ1) is 12.6. The quantitative estimate of drug-likeness (QED) is 0.719. The maximum absolute atomic E-state index is 5.97. The fraction of sp³-hybridized carbons (Fsp3) is 0.176. The molecule has 0 fully saturated rings. The summed E-state index contributed by atoms with van der Waals surface area (Å²) in [4.78, 5) is 0. The number of nitrogens with zero attached hydrogens (tertiary/aromatic N) is 1. The molecule has 3 aromatic rings. The van der Waals surface area contributed by atoms with Crippen LogP contribution in [0.1, 0.15) is 11.1 Å². The largest absolute Gasteiger partial charge is 0.497 e. The maximum atomic E-state index is 5.97. The molecule has 0 saturated carbocycles. The van der Waals surface area contributed by atoms with Crippen molar-refractivity contribution in [3.63, 3.8) is 0 Å². The highest BCUT2D eigenvalue weighted by Gasteiger charge is 2.09. The summed E-state index contributed by atoms with van der Waals surface area (Å²) in [6.07, 6.45) is 5.23. The highest BCUT2D eigenvalue weighted by Crippen LogP contribution is 2.27. The highest BCUT2D eigenvalue weighted by atomic mass is 16.5. The van der Waals surface area contributed by atoms with E-state index in [0.29, 0.717) is 6.61 Å². The first-order valence-electron chi connectivity index (χ1n) is 6.52. The molecule has 0 spiro atoms. The summed E-state index contributed by atoms with van der Waals surface area (Å²) in [6, 6.07) is 13.9. The van der Waals surface area contributed by atoms with Crippen molar-refractivity contribution in [3.05, 3.63) is 66.0 Å². The van der Waals surface area contributed by atoms with Crippen molar-refractivity contribution in [3.8, 4) is 11.5 Å². The number of pyridine rings is 1. The minimum atomic E-state index is 0.514. The van der Waals surface area contributed by atoms with Crippen LogP contribution < -0.4 is 9.47 Å². The van der Waals surface area contributed by atoms with Crippen molar-refractivity contribution >= 4 is 5.52 Å². The van der Waals surface area contributed by atoms with Gasteiger partial charge in [0.05, 0.1) is 18.8 Å². The number of aryl methyl sites for hydroxylation is 1. The molecule has 0 amide bonds. The molecule has 3 heteroatoms. The predicted molar refractivity (Wildman–Crippen MR) is 78.3 cm³/mol. The molecule has 3 nitrogen and oxygen atoms in total. The summed E-state index contributed by atoms with van der Waals surface area (Å²) in [5.41, 5.74) is 3.13. The monoisotopic (exact) mass is 266 g/mol. The molecule has 1 radical (unpaired) electrons. The first-order chi connectivity index (χ1) is 9.78. The Kier molecular flexibility index (Phi) is 3.33. The van der Waals surface area contributed by atoms with Crippen LogP contribution in [0.3, 0.4) is 0 Å². The lowest BCUT2D eigenvalue weighted by Crippen LogP contribution is -1.96. The second-order valence-corrected chi connectivity index (χ2v) is 4.66. The number of hydrogen-bond acceptors (Lipinski definition) is 2. The number of methoxy groups -OCH3 is 1. The normalized spacial score (nSPS) is 10.7. The van der Waals surface area contributed by atoms with E-state index in [0.717, 1.165) is 28.1 Å². The number of rotatable bonds is 4. The van der Waals surface area contributed by atoms with Gasteiger partial charge in [0.2, 0.25) is 0 Å². The van der Waals surface area contributed by atoms with E-state index in [1.807, 2.05) is 60.0 Å². The summed E-state index contributed by atoms with van der Waals surface area (Å²) in [5.74, 6) is 1.73.